The van der Waals surface area contributed by atoms with E-state index < -0.39 is 15.9 Å². The predicted octanol–water partition coefficient (Wildman–Crippen LogP) is 1.58. The number of amides is 1. The van der Waals surface area contributed by atoms with E-state index in [0.717, 1.165) is 6.26 Å². The van der Waals surface area contributed by atoms with E-state index in [0.29, 0.717) is 10.9 Å². The molecule has 1 aromatic carbocycles. The fourth-order valence-electron chi connectivity index (χ4n) is 1.48. The molecule has 1 heterocycles. The number of fused-ring (bicyclic) bond motifs is 1. The number of hydrogen-bond acceptors (Lipinski definition) is 4. The Bertz CT molecular complexity index is 728. The van der Waals surface area contributed by atoms with E-state index in [-0.39, 0.29) is 10.7 Å². The van der Waals surface area contributed by atoms with E-state index in [1.165, 1.54) is 6.07 Å². The molecule has 0 saturated heterocycles. The van der Waals surface area contributed by atoms with Gasteiger partial charge in [0.1, 0.15) is 5.15 Å². The van der Waals surface area contributed by atoms with Gasteiger partial charge in [-0.15, -0.1) is 0 Å². The molecule has 0 aliphatic carbocycles. The van der Waals surface area contributed by atoms with Gasteiger partial charge in [-0.2, -0.15) is 0 Å². The fraction of sp³-hybridized carbons (Fsp3) is 0.0909. The molecule has 0 spiro atoms. The van der Waals surface area contributed by atoms with Crippen LogP contribution in [-0.4, -0.2) is 25.6 Å². The molecule has 0 atom stereocenters. The fourth-order valence-corrected chi connectivity index (χ4v) is 2.15. The summed E-state index contributed by atoms with van der Waals surface area (Å²) in [6.45, 7) is 0. The Morgan fingerprint density at radius 3 is 2.67 bits per heavy atom. The second-order valence-electron chi connectivity index (χ2n) is 3.72. The molecule has 7 heteroatoms. The van der Waals surface area contributed by atoms with Gasteiger partial charge in [0.15, 0.2) is 0 Å². The maximum atomic E-state index is 11.7. The van der Waals surface area contributed by atoms with E-state index in [9.17, 15) is 13.2 Å². The first-order valence-electron chi connectivity index (χ1n) is 4.94. The monoisotopic (exact) mass is 284 g/mol. The maximum absolute atomic E-state index is 11.7. The number of pyridine rings is 1. The lowest BCUT2D eigenvalue weighted by Crippen LogP contribution is -2.29. The van der Waals surface area contributed by atoms with Crippen LogP contribution in [0.15, 0.2) is 30.3 Å². The number of sulfonamides is 1. The van der Waals surface area contributed by atoms with Gasteiger partial charge in [0, 0.05) is 5.39 Å². The summed E-state index contributed by atoms with van der Waals surface area (Å²) in [4.78, 5) is 15.7. The SMILES string of the molecule is CS(=O)(=O)NC(=O)c1cc2ccccc2nc1Cl. The van der Waals surface area contributed by atoms with Crippen molar-refractivity contribution in [3.8, 4) is 0 Å². The molecule has 0 aliphatic heterocycles. The van der Waals surface area contributed by atoms with Crippen molar-refractivity contribution in [2.24, 2.45) is 0 Å². The van der Waals surface area contributed by atoms with Crippen molar-refractivity contribution in [3.63, 3.8) is 0 Å². The average Bonchev–Trinajstić information content (AvgIpc) is 2.25. The average molecular weight is 285 g/mol. The van der Waals surface area contributed by atoms with Gasteiger partial charge in [-0.05, 0) is 12.1 Å². The van der Waals surface area contributed by atoms with Crippen LogP contribution >= 0.6 is 11.6 Å². The lowest BCUT2D eigenvalue weighted by Gasteiger charge is -2.06. The largest absolute Gasteiger partial charge is 0.268 e. The second kappa shape index (κ2) is 4.55. The molecule has 0 radical (unpaired) electrons. The summed E-state index contributed by atoms with van der Waals surface area (Å²) in [6, 6.07) is 8.60. The van der Waals surface area contributed by atoms with Gasteiger partial charge in [0.2, 0.25) is 10.0 Å². The van der Waals surface area contributed by atoms with Crippen molar-refractivity contribution in [3.05, 3.63) is 41.0 Å². The van der Waals surface area contributed by atoms with Crippen LogP contribution in [0.2, 0.25) is 5.15 Å². The number of para-hydroxylation sites is 1. The lowest BCUT2D eigenvalue weighted by atomic mass is 10.1. The smallest absolute Gasteiger partial charge is 0.267 e. The highest BCUT2D eigenvalue weighted by Gasteiger charge is 2.16. The molecule has 0 aliphatic rings. The molecular weight excluding hydrogens is 276 g/mol. The van der Waals surface area contributed by atoms with Crippen LogP contribution in [0.3, 0.4) is 0 Å². The molecule has 0 unspecified atom stereocenters. The van der Waals surface area contributed by atoms with Gasteiger partial charge in [-0.25, -0.2) is 18.1 Å². The van der Waals surface area contributed by atoms with Crippen molar-refractivity contribution in [1.29, 1.82) is 0 Å². The quantitative estimate of drug-likeness (QED) is 0.850. The number of halogens is 1. The van der Waals surface area contributed by atoms with Gasteiger partial charge in [-0.1, -0.05) is 29.8 Å². The predicted molar refractivity (Wildman–Crippen MR) is 69.1 cm³/mol. The van der Waals surface area contributed by atoms with Crippen LogP contribution < -0.4 is 4.72 Å². The summed E-state index contributed by atoms with van der Waals surface area (Å²) in [7, 11) is -3.63. The van der Waals surface area contributed by atoms with E-state index in [1.54, 1.807) is 24.3 Å². The van der Waals surface area contributed by atoms with E-state index in [1.807, 2.05) is 4.72 Å². The van der Waals surface area contributed by atoms with Crippen LogP contribution in [0, 0.1) is 0 Å². The van der Waals surface area contributed by atoms with Crippen molar-refractivity contribution in [2.45, 2.75) is 0 Å². The van der Waals surface area contributed by atoms with Crippen LogP contribution in [0.5, 0.6) is 0 Å². The minimum absolute atomic E-state index is 0.0285. The normalized spacial score (nSPS) is 11.4. The van der Waals surface area contributed by atoms with Gasteiger partial charge in [0.25, 0.3) is 5.91 Å². The van der Waals surface area contributed by atoms with Crippen LogP contribution in [0.1, 0.15) is 10.4 Å². The molecule has 1 aromatic heterocycles. The Morgan fingerprint density at radius 2 is 2.00 bits per heavy atom. The van der Waals surface area contributed by atoms with E-state index >= 15 is 0 Å². The number of rotatable bonds is 2. The molecule has 0 fully saturated rings. The summed E-state index contributed by atoms with van der Waals surface area (Å²) in [5.74, 6) is -0.791. The Labute approximate surface area is 109 Å². The van der Waals surface area contributed by atoms with E-state index in [4.69, 9.17) is 11.6 Å². The van der Waals surface area contributed by atoms with Crippen LogP contribution in [-0.2, 0) is 10.0 Å². The van der Waals surface area contributed by atoms with Crippen molar-refractivity contribution >= 4 is 38.4 Å². The van der Waals surface area contributed by atoms with Crippen molar-refractivity contribution < 1.29 is 13.2 Å². The Hall–Kier alpha value is -1.66. The topological polar surface area (TPSA) is 76.1 Å². The minimum atomic E-state index is -3.63. The Morgan fingerprint density at radius 1 is 1.33 bits per heavy atom. The number of aromatic nitrogens is 1. The Balaban J connectivity index is 2.51. The van der Waals surface area contributed by atoms with Gasteiger partial charge >= 0.3 is 0 Å². The highest BCUT2D eigenvalue weighted by molar-refractivity contribution is 7.89. The number of nitrogens with zero attached hydrogens (tertiary/aromatic N) is 1. The van der Waals surface area contributed by atoms with Gasteiger partial charge in [0.05, 0.1) is 17.3 Å². The zero-order valence-corrected chi connectivity index (χ0v) is 10.9. The molecule has 94 valence electrons. The number of nitrogens with one attached hydrogen (secondary N) is 1. The molecule has 5 nitrogen and oxygen atoms in total. The number of carbonyl (C=O) groups excluding carboxylic acids is 1. The summed E-state index contributed by atoms with van der Waals surface area (Å²) in [6.07, 6.45) is 0.896. The first kappa shape index (κ1) is 12.8. The molecule has 0 saturated carbocycles. The van der Waals surface area contributed by atoms with Crippen molar-refractivity contribution in [1.82, 2.24) is 9.71 Å². The highest BCUT2D eigenvalue weighted by Crippen LogP contribution is 2.20. The third-order valence-corrected chi connectivity index (χ3v) is 3.04. The Kier molecular flexibility index (Phi) is 3.23. The van der Waals surface area contributed by atoms with Crippen LogP contribution in [0.4, 0.5) is 0 Å². The first-order valence-corrected chi connectivity index (χ1v) is 7.21. The second-order valence-corrected chi connectivity index (χ2v) is 5.83. The van der Waals surface area contributed by atoms with Gasteiger partial charge < -0.3 is 0 Å². The highest BCUT2D eigenvalue weighted by atomic mass is 35.5. The number of hydrogen-bond donors (Lipinski definition) is 1. The minimum Gasteiger partial charge on any atom is -0.268 e. The maximum Gasteiger partial charge on any atom is 0.267 e. The molecule has 0 bridgehead atoms. The summed E-state index contributed by atoms with van der Waals surface area (Å²) >= 11 is 5.86. The summed E-state index contributed by atoms with van der Waals surface area (Å²) in [5, 5.41) is 0.676. The molecule has 1 N–H and O–H groups in total. The molecule has 1 amide bonds. The molecule has 2 rings (SSSR count). The van der Waals surface area contributed by atoms with Crippen LogP contribution in [0.25, 0.3) is 10.9 Å². The zero-order chi connectivity index (χ0) is 13.3. The summed E-state index contributed by atoms with van der Waals surface area (Å²) < 4.78 is 23.8. The lowest BCUT2D eigenvalue weighted by molar-refractivity contribution is 0.0981. The number of benzene rings is 1. The summed E-state index contributed by atoms with van der Waals surface area (Å²) in [5.41, 5.74) is 0.666. The first-order chi connectivity index (χ1) is 8.37. The zero-order valence-electron chi connectivity index (χ0n) is 9.34. The standard InChI is InChI=1S/C11H9ClN2O3S/c1-18(16,17)14-11(15)8-6-7-4-2-3-5-9(7)13-10(8)12/h2-6H,1H3,(H,14,15). The third-order valence-electron chi connectivity index (χ3n) is 2.20. The van der Waals surface area contributed by atoms with E-state index in [2.05, 4.69) is 4.98 Å². The number of carbonyl (C=O) groups is 1. The van der Waals surface area contributed by atoms with Gasteiger partial charge in [-0.3, -0.25) is 4.79 Å². The molecule has 18 heavy (non-hydrogen) atoms. The molecule has 2 aromatic rings. The van der Waals surface area contributed by atoms with Crippen molar-refractivity contribution in [2.75, 3.05) is 6.26 Å². The third kappa shape index (κ3) is 2.77. The molecular formula is C11H9ClN2O3S.